The van der Waals surface area contributed by atoms with Gasteiger partial charge in [-0.1, -0.05) is 25.9 Å². The fourth-order valence-corrected chi connectivity index (χ4v) is 1.41. The summed E-state index contributed by atoms with van der Waals surface area (Å²) in [4.78, 5) is 13.6. The summed E-state index contributed by atoms with van der Waals surface area (Å²) in [5, 5.41) is 13.0. The average molecular weight is 254 g/mol. The van der Waals surface area contributed by atoms with E-state index in [0.29, 0.717) is 24.4 Å². The zero-order valence-electron chi connectivity index (χ0n) is 11.7. The zero-order chi connectivity index (χ0) is 13.9. The summed E-state index contributed by atoms with van der Waals surface area (Å²) in [5.41, 5.74) is 0.150. The molecule has 5 heteroatoms. The maximum absolute atomic E-state index is 12.0. The molecule has 0 bridgehead atoms. The summed E-state index contributed by atoms with van der Waals surface area (Å²) in [6, 6.07) is 1.68. The van der Waals surface area contributed by atoms with Gasteiger partial charge in [-0.3, -0.25) is 4.79 Å². The van der Waals surface area contributed by atoms with Crippen molar-refractivity contribution in [3.8, 4) is 0 Å². The fourth-order valence-electron chi connectivity index (χ4n) is 1.41. The van der Waals surface area contributed by atoms with E-state index in [9.17, 15) is 9.90 Å². The van der Waals surface area contributed by atoms with Crippen molar-refractivity contribution in [2.45, 2.75) is 45.6 Å². The summed E-state index contributed by atoms with van der Waals surface area (Å²) >= 11 is 0. The molecule has 1 N–H and O–H groups in total. The van der Waals surface area contributed by atoms with Crippen molar-refractivity contribution in [3.05, 3.63) is 17.5 Å². The lowest BCUT2D eigenvalue weighted by Crippen LogP contribution is -2.29. The van der Waals surface area contributed by atoms with Crippen molar-refractivity contribution in [3.63, 3.8) is 0 Å². The molecule has 1 heterocycles. The molecule has 18 heavy (non-hydrogen) atoms. The minimum absolute atomic E-state index is 0.163. The smallest absolute Gasteiger partial charge is 0.275 e. The topological polar surface area (TPSA) is 66.6 Å². The third-order valence-electron chi connectivity index (χ3n) is 2.70. The fraction of sp³-hybridized carbons (Fsp3) is 0.692. The second-order valence-electron chi connectivity index (χ2n) is 5.69. The summed E-state index contributed by atoms with van der Waals surface area (Å²) in [6.45, 7) is 8.19. The first-order valence-electron chi connectivity index (χ1n) is 6.12. The van der Waals surface area contributed by atoms with Crippen molar-refractivity contribution >= 4 is 5.91 Å². The number of aliphatic hydroxyl groups excluding tert-OH is 1. The molecule has 0 radical (unpaired) electrons. The molecule has 0 aliphatic rings. The third-order valence-corrected chi connectivity index (χ3v) is 2.70. The Hall–Kier alpha value is -1.36. The van der Waals surface area contributed by atoms with Crippen molar-refractivity contribution in [2.75, 3.05) is 13.6 Å². The highest BCUT2D eigenvalue weighted by Gasteiger charge is 2.23. The quantitative estimate of drug-likeness (QED) is 0.890. The molecule has 0 aromatic carbocycles. The SMILES string of the molecule is CC(O)CCN(C)C(=O)c1cc(C(C)(C)C)on1. The van der Waals surface area contributed by atoms with E-state index in [1.807, 2.05) is 20.8 Å². The van der Waals surface area contributed by atoms with Crippen LogP contribution in [0.3, 0.4) is 0 Å². The van der Waals surface area contributed by atoms with Gasteiger partial charge in [-0.15, -0.1) is 0 Å². The van der Waals surface area contributed by atoms with E-state index in [-0.39, 0.29) is 11.3 Å². The molecule has 0 aliphatic heterocycles. The number of aliphatic hydroxyl groups is 1. The number of amides is 1. The van der Waals surface area contributed by atoms with E-state index >= 15 is 0 Å². The lowest BCUT2D eigenvalue weighted by Gasteiger charge is -2.16. The molecular formula is C13H22N2O3. The Morgan fingerprint density at radius 2 is 2.17 bits per heavy atom. The number of hydrogen-bond acceptors (Lipinski definition) is 4. The van der Waals surface area contributed by atoms with Gasteiger partial charge < -0.3 is 14.5 Å². The number of carbonyl (C=O) groups excluding carboxylic acids is 1. The minimum Gasteiger partial charge on any atom is -0.393 e. The normalized spacial score (nSPS) is 13.4. The largest absolute Gasteiger partial charge is 0.393 e. The Kier molecular flexibility index (Phi) is 4.51. The first kappa shape index (κ1) is 14.7. The molecule has 1 amide bonds. The van der Waals surface area contributed by atoms with Crippen LogP contribution in [0.5, 0.6) is 0 Å². The Morgan fingerprint density at radius 1 is 1.56 bits per heavy atom. The van der Waals surface area contributed by atoms with Crippen molar-refractivity contribution in [1.29, 1.82) is 0 Å². The molecule has 0 saturated heterocycles. The Balaban J connectivity index is 2.70. The van der Waals surface area contributed by atoms with Crippen LogP contribution in [-0.4, -0.2) is 40.8 Å². The Morgan fingerprint density at radius 3 is 2.61 bits per heavy atom. The lowest BCUT2D eigenvalue weighted by molar-refractivity contribution is 0.0758. The number of hydrogen-bond donors (Lipinski definition) is 1. The number of nitrogens with zero attached hydrogens (tertiary/aromatic N) is 2. The van der Waals surface area contributed by atoms with Crippen molar-refractivity contribution in [1.82, 2.24) is 10.1 Å². The second-order valence-corrected chi connectivity index (χ2v) is 5.69. The molecule has 5 nitrogen and oxygen atoms in total. The van der Waals surface area contributed by atoms with Gasteiger partial charge in [0.2, 0.25) is 0 Å². The molecule has 1 aromatic rings. The van der Waals surface area contributed by atoms with Gasteiger partial charge >= 0.3 is 0 Å². The average Bonchev–Trinajstić information content (AvgIpc) is 2.73. The first-order chi connectivity index (χ1) is 8.21. The summed E-state index contributed by atoms with van der Waals surface area (Å²) in [6.07, 6.45) is 0.134. The maximum atomic E-state index is 12.0. The van der Waals surface area contributed by atoms with Crippen LogP contribution in [0.1, 0.15) is 50.4 Å². The highest BCUT2D eigenvalue weighted by atomic mass is 16.5. The summed E-state index contributed by atoms with van der Waals surface area (Å²) in [5.74, 6) is 0.504. The van der Waals surface area contributed by atoms with Crippen molar-refractivity contribution < 1.29 is 14.4 Å². The standard InChI is InChI=1S/C13H22N2O3/c1-9(16)6-7-15(5)12(17)10-8-11(18-14-10)13(2,3)4/h8-9,16H,6-7H2,1-5H3. The second kappa shape index (κ2) is 5.52. The molecule has 0 fully saturated rings. The summed E-state index contributed by atoms with van der Waals surface area (Å²) in [7, 11) is 1.69. The van der Waals surface area contributed by atoms with Crippen LogP contribution >= 0.6 is 0 Å². The highest BCUT2D eigenvalue weighted by molar-refractivity contribution is 5.92. The Bertz CT molecular complexity index is 405. The third kappa shape index (κ3) is 3.84. The molecular weight excluding hydrogens is 232 g/mol. The van der Waals surface area contributed by atoms with Gasteiger partial charge in [0.1, 0.15) is 5.76 Å². The van der Waals surface area contributed by atoms with Gasteiger partial charge in [0, 0.05) is 25.1 Å². The van der Waals surface area contributed by atoms with E-state index in [1.54, 1.807) is 20.0 Å². The molecule has 102 valence electrons. The molecule has 0 spiro atoms. The van der Waals surface area contributed by atoms with Gasteiger partial charge in [0.05, 0.1) is 6.10 Å². The lowest BCUT2D eigenvalue weighted by atomic mass is 9.93. The van der Waals surface area contributed by atoms with Crippen LogP contribution in [0.25, 0.3) is 0 Å². The van der Waals surface area contributed by atoms with Crippen LogP contribution in [0.15, 0.2) is 10.6 Å². The predicted octanol–water partition coefficient (Wildman–Crippen LogP) is 1.81. The number of aromatic nitrogens is 1. The Labute approximate surface area is 108 Å². The highest BCUT2D eigenvalue weighted by Crippen LogP contribution is 2.22. The van der Waals surface area contributed by atoms with E-state index in [2.05, 4.69) is 5.16 Å². The monoisotopic (exact) mass is 254 g/mol. The zero-order valence-corrected chi connectivity index (χ0v) is 11.7. The van der Waals surface area contributed by atoms with Crippen LogP contribution in [0, 0.1) is 0 Å². The molecule has 1 aromatic heterocycles. The van der Waals surface area contributed by atoms with E-state index in [1.165, 1.54) is 4.90 Å². The number of carbonyl (C=O) groups is 1. The van der Waals surface area contributed by atoms with Crippen LogP contribution in [0.4, 0.5) is 0 Å². The molecule has 1 rings (SSSR count). The van der Waals surface area contributed by atoms with Gasteiger partial charge in [-0.25, -0.2) is 0 Å². The van der Waals surface area contributed by atoms with E-state index in [4.69, 9.17) is 4.52 Å². The minimum atomic E-state index is -0.414. The predicted molar refractivity (Wildman–Crippen MR) is 68.5 cm³/mol. The molecule has 1 unspecified atom stereocenters. The van der Waals surface area contributed by atoms with Gasteiger partial charge in [0.25, 0.3) is 5.91 Å². The summed E-state index contributed by atoms with van der Waals surface area (Å²) < 4.78 is 5.18. The van der Waals surface area contributed by atoms with E-state index < -0.39 is 6.10 Å². The maximum Gasteiger partial charge on any atom is 0.275 e. The first-order valence-corrected chi connectivity index (χ1v) is 6.12. The van der Waals surface area contributed by atoms with E-state index in [0.717, 1.165) is 0 Å². The van der Waals surface area contributed by atoms with Gasteiger partial charge in [0.15, 0.2) is 5.69 Å². The van der Waals surface area contributed by atoms with Crippen molar-refractivity contribution in [2.24, 2.45) is 0 Å². The van der Waals surface area contributed by atoms with Gasteiger partial charge in [-0.2, -0.15) is 0 Å². The molecule has 0 saturated carbocycles. The molecule has 1 atom stereocenters. The van der Waals surface area contributed by atoms with Crippen LogP contribution in [-0.2, 0) is 5.41 Å². The van der Waals surface area contributed by atoms with Crippen LogP contribution in [0.2, 0.25) is 0 Å². The number of rotatable bonds is 4. The van der Waals surface area contributed by atoms with Gasteiger partial charge in [-0.05, 0) is 13.3 Å². The molecule has 0 aliphatic carbocycles. The van der Waals surface area contributed by atoms with Crippen LogP contribution < -0.4 is 0 Å².